The van der Waals surface area contributed by atoms with Crippen LogP contribution in [0.15, 0.2) is 48.9 Å². The highest BCUT2D eigenvalue weighted by molar-refractivity contribution is 5.76. The zero-order chi connectivity index (χ0) is 17.8. The Bertz CT molecular complexity index is 914. The van der Waals surface area contributed by atoms with Crippen LogP contribution < -0.4 is 10.6 Å². The first kappa shape index (κ1) is 16.3. The Morgan fingerprint density at radius 1 is 0.960 bits per heavy atom. The maximum atomic E-state index is 11.6. The summed E-state index contributed by atoms with van der Waals surface area (Å²) in [5.74, 6) is 0.646. The van der Waals surface area contributed by atoms with Crippen molar-refractivity contribution in [2.45, 2.75) is 13.8 Å². The minimum Gasteiger partial charge on any atom is -0.334 e. The molecule has 2 N–H and O–H groups in total. The number of benzene rings is 1. The summed E-state index contributed by atoms with van der Waals surface area (Å²) in [6.45, 7) is 3.98. The molecular weight excluding hydrogens is 320 g/mol. The predicted molar refractivity (Wildman–Crippen MR) is 95.4 cm³/mol. The first-order valence-corrected chi connectivity index (χ1v) is 7.56. The number of aromatic nitrogens is 3. The van der Waals surface area contributed by atoms with Gasteiger partial charge >= 0.3 is 5.69 Å². The molecule has 2 heterocycles. The number of nitro groups is 1. The van der Waals surface area contributed by atoms with Gasteiger partial charge in [0, 0.05) is 11.9 Å². The molecule has 8 heteroatoms. The first-order valence-electron chi connectivity index (χ1n) is 7.56. The summed E-state index contributed by atoms with van der Waals surface area (Å²) < 4.78 is 0. The number of hydrogen-bond acceptors (Lipinski definition) is 7. The van der Waals surface area contributed by atoms with E-state index < -0.39 is 4.92 Å². The molecule has 0 bridgehead atoms. The lowest BCUT2D eigenvalue weighted by molar-refractivity contribution is -0.383. The maximum absolute atomic E-state index is 11.6. The zero-order valence-electron chi connectivity index (χ0n) is 13.7. The summed E-state index contributed by atoms with van der Waals surface area (Å²) in [6, 6.07) is 10.9. The topological polar surface area (TPSA) is 106 Å². The molecule has 126 valence electrons. The second-order valence-corrected chi connectivity index (χ2v) is 5.44. The highest BCUT2D eigenvalue weighted by atomic mass is 16.6. The summed E-state index contributed by atoms with van der Waals surface area (Å²) >= 11 is 0. The second kappa shape index (κ2) is 6.91. The van der Waals surface area contributed by atoms with Crippen molar-refractivity contribution in [2.75, 3.05) is 10.6 Å². The van der Waals surface area contributed by atoms with Gasteiger partial charge < -0.3 is 10.6 Å². The van der Waals surface area contributed by atoms with Crippen molar-refractivity contribution in [3.8, 4) is 0 Å². The molecule has 8 nitrogen and oxygen atoms in total. The molecule has 0 aliphatic rings. The molecule has 2 aromatic heterocycles. The number of rotatable bonds is 5. The van der Waals surface area contributed by atoms with Gasteiger partial charge in [-0.15, -0.1) is 0 Å². The second-order valence-electron chi connectivity index (χ2n) is 5.44. The van der Waals surface area contributed by atoms with Crippen molar-refractivity contribution in [2.24, 2.45) is 0 Å². The van der Waals surface area contributed by atoms with Crippen molar-refractivity contribution in [3.05, 3.63) is 70.2 Å². The average Bonchev–Trinajstić information content (AvgIpc) is 2.59. The van der Waals surface area contributed by atoms with Crippen molar-refractivity contribution in [3.63, 3.8) is 0 Å². The van der Waals surface area contributed by atoms with Gasteiger partial charge in [0.1, 0.15) is 12.1 Å². The highest BCUT2D eigenvalue weighted by Crippen LogP contribution is 2.32. The van der Waals surface area contributed by atoms with E-state index in [0.717, 1.165) is 11.1 Å². The lowest BCUT2D eigenvalue weighted by Crippen LogP contribution is -2.06. The van der Waals surface area contributed by atoms with Gasteiger partial charge in [-0.05, 0) is 49.2 Å². The third kappa shape index (κ3) is 3.69. The minimum absolute atomic E-state index is 0.0741. The number of aryl methyl sites for hydroxylation is 2. The summed E-state index contributed by atoms with van der Waals surface area (Å²) in [6.07, 6.45) is 2.85. The number of anilines is 4. The van der Waals surface area contributed by atoms with Crippen LogP contribution >= 0.6 is 0 Å². The molecule has 0 radical (unpaired) electrons. The van der Waals surface area contributed by atoms with E-state index in [1.54, 1.807) is 24.4 Å². The Hall–Kier alpha value is -3.55. The third-order valence-corrected chi connectivity index (χ3v) is 3.69. The fraction of sp³-hybridized carbons (Fsp3) is 0.118. The molecule has 0 amide bonds. The SMILES string of the molecule is Cc1ccc(Nc2ncnc(Nc3ccccn3)c2[N+](=O)[O-])cc1C. The lowest BCUT2D eigenvalue weighted by atomic mass is 10.1. The van der Waals surface area contributed by atoms with E-state index in [1.165, 1.54) is 6.33 Å². The Morgan fingerprint density at radius 3 is 2.36 bits per heavy atom. The molecule has 0 spiro atoms. The van der Waals surface area contributed by atoms with Crippen LogP contribution in [0.4, 0.5) is 28.8 Å². The van der Waals surface area contributed by atoms with Crippen LogP contribution in [0.2, 0.25) is 0 Å². The quantitative estimate of drug-likeness (QED) is 0.538. The smallest absolute Gasteiger partial charge is 0.334 e. The number of hydrogen-bond donors (Lipinski definition) is 2. The van der Waals surface area contributed by atoms with E-state index in [2.05, 4.69) is 25.6 Å². The van der Waals surface area contributed by atoms with Crippen molar-refractivity contribution in [1.29, 1.82) is 0 Å². The zero-order valence-corrected chi connectivity index (χ0v) is 13.7. The van der Waals surface area contributed by atoms with E-state index in [9.17, 15) is 10.1 Å². The van der Waals surface area contributed by atoms with E-state index in [1.807, 2.05) is 32.0 Å². The maximum Gasteiger partial charge on any atom is 0.353 e. The lowest BCUT2D eigenvalue weighted by Gasteiger charge is -2.10. The van der Waals surface area contributed by atoms with Gasteiger partial charge in [-0.2, -0.15) is 0 Å². The number of pyridine rings is 1. The van der Waals surface area contributed by atoms with Crippen LogP contribution in [0.5, 0.6) is 0 Å². The first-order chi connectivity index (χ1) is 12.0. The van der Waals surface area contributed by atoms with E-state index in [-0.39, 0.29) is 17.3 Å². The monoisotopic (exact) mass is 336 g/mol. The molecule has 1 aromatic carbocycles. The normalized spacial score (nSPS) is 10.3. The number of nitrogens with zero attached hydrogens (tertiary/aromatic N) is 4. The molecule has 0 aliphatic heterocycles. The van der Waals surface area contributed by atoms with Crippen LogP contribution in [0.1, 0.15) is 11.1 Å². The van der Waals surface area contributed by atoms with Crippen LogP contribution in [0.3, 0.4) is 0 Å². The Labute approximate surface area is 144 Å². The Balaban J connectivity index is 1.97. The molecule has 25 heavy (non-hydrogen) atoms. The molecule has 0 unspecified atom stereocenters. The Morgan fingerprint density at radius 2 is 1.72 bits per heavy atom. The number of nitrogens with one attached hydrogen (secondary N) is 2. The molecule has 0 fully saturated rings. The molecule has 3 aromatic rings. The third-order valence-electron chi connectivity index (χ3n) is 3.69. The van der Waals surface area contributed by atoms with Gasteiger partial charge in [0.25, 0.3) is 0 Å². The van der Waals surface area contributed by atoms with Crippen molar-refractivity contribution in [1.82, 2.24) is 15.0 Å². The van der Waals surface area contributed by atoms with E-state index in [0.29, 0.717) is 11.5 Å². The van der Waals surface area contributed by atoms with E-state index in [4.69, 9.17) is 0 Å². The summed E-state index contributed by atoms with van der Waals surface area (Å²) in [4.78, 5) is 23.2. The molecular formula is C17H16N6O2. The van der Waals surface area contributed by atoms with Crippen LogP contribution in [-0.4, -0.2) is 19.9 Å². The van der Waals surface area contributed by atoms with Crippen LogP contribution in [-0.2, 0) is 0 Å². The van der Waals surface area contributed by atoms with Crippen molar-refractivity contribution < 1.29 is 4.92 Å². The van der Waals surface area contributed by atoms with Crippen molar-refractivity contribution >= 4 is 28.8 Å². The minimum atomic E-state index is -0.519. The average molecular weight is 336 g/mol. The Kier molecular flexibility index (Phi) is 4.51. The highest BCUT2D eigenvalue weighted by Gasteiger charge is 2.23. The fourth-order valence-electron chi connectivity index (χ4n) is 2.25. The fourth-order valence-corrected chi connectivity index (χ4v) is 2.25. The van der Waals surface area contributed by atoms with Gasteiger partial charge in [0.15, 0.2) is 0 Å². The van der Waals surface area contributed by atoms with Gasteiger partial charge in [0.05, 0.1) is 4.92 Å². The molecule has 0 aliphatic carbocycles. The largest absolute Gasteiger partial charge is 0.353 e. The standard InChI is InChI=1S/C17H16N6O2/c1-11-6-7-13(9-12(11)2)21-16-15(23(24)25)17(20-10-19-16)22-14-5-3-4-8-18-14/h3-10H,1-2H3,(H2,18,19,20,21,22). The molecule has 0 saturated heterocycles. The summed E-state index contributed by atoms with van der Waals surface area (Å²) in [5, 5.41) is 17.4. The molecule has 0 atom stereocenters. The summed E-state index contributed by atoms with van der Waals surface area (Å²) in [7, 11) is 0. The predicted octanol–water partition coefficient (Wildman–Crippen LogP) is 3.88. The van der Waals surface area contributed by atoms with Gasteiger partial charge in [-0.3, -0.25) is 10.1 Å². The van der Waals surface area contributed by atoms with Gasteiger partial charge in [0.2, 0.25) is 11.6 Å². The molecule has 3 rings (SSSR count). The molecule has 0 saturated carbocycles. The van der Waals surface area contributed by atoms with Crippen LogP contribution in [0.25, 0.3) is 0 Å². The van der Waals surface area contributed by atoms with E-state index >= 15 is 0 Å². The van der Waals surface area contributed by atoms with Crippen LogP contribution in [0, 0.1) is 24.0 Å². The summed E-state index contributed by atoms with van der Waals surface area (Å²) in [5.41, 5.74) is 2.69. The van der Waals surface area contributed by atoms with Gasteiger partial charge in [-0.25, -0.2) is 15.0 Å². The van der Waals surface area contributed by atoms with Gasteiger partial charge in [-0.1, -0.05) is 12.1 Å².